The normalized spacial score (nSPS) is 11.0. The zero-order chi connectivity index (χ0) is 15.8. The first kappa shape index (κ1) is 13.6. The molecule has 0 saturated carbocycles. The van der Waals surface area contributed by atoms with Crippen LogP contribution in [0, 0.1) is 6.92 Å². The number of nitrogens with one attached hydrogen (secondary N) is 2. The van der Waals surface area contributed by atoms with Crippen molar-refractivity contribution < 1.29 is 4.79 Å². The van der Waals surface area contributed by atoms with Crippen molar-refractivity contribution in [1.82, 2.24) is 29.8 Å². The molecule has 4 heterocycles. The third-order valence-corrected chi connectivity index (χ3v) is 4.22. The van der Waals surface area contributed by atoms with Crippen molar-refractivity contribution in [2.45, 2.75) is 6.92 Å². The SMILES string of the molecule is Cc1ccc(-c2nc(NC(=O)c3cnn4cccnc34)n[nH]2)s1. The molecule has 23 heavy (non-hydrogen) atoms. The van der Waals surface area contributed by atoms with E-state index < -0.39 is 0 Å². The Morgan fingerprint density at radius 3 is 3.13 bits per heavy atom. The molecule has 8 nitrogen and oxygen atoms in total. The summed E-state index contributed by atoms with van der Waals surface area (Å²) in [6, 6.07) is 5.71. The van der Waals surface area contributed by atoms with E-state index in [-0.39, 0.29) is 11.9 Å². The molecule has 0 atom stereocenters. The van der Waals surface area contributed by atoms with Gasteiger partial charge in [-0.1, -0.05) is 0 Å². The highest BCUT2D eigenvalue weighted by atomic mass is 32.1. The molecule has 4 rings (SSSR count). The van der Waals surface area contributed by atoms with E-state index in [0.29, 0.717) is 17.0 Å². The Morgan fingerprint density at radius 1 is 1.39 bits per heavy atom. The second-order valence-electron chi connectivity index (χ2n) is 4.82. The van der Waals surface area contributed by atoms with Gasteiger partial charge >= 0.3 is 0 Å². The smallest absolute Gasteiger partial charge is 0.263 e. The zero-order valence-corrected chi connectivity index (χ0v) is 12.8. The van der Waals surface area contributed by atoms with Crippen molar-refractivity contribution in [3.63, 3.8) is 0 Å². The molecule has 0 unspecified atom stereocenters. The molecule has 2 N–H and O–H groups in total. The number of hydrogen-bond acceptors (Lipinski definition) is 6. The molecule has 0 radical (unpaired) electrons. The highest BCUT2D eigenvalue weighted by Gasteiger charge is 2.16. The summed E-state index contributed by atoms with van der Waals surface area (Å²) in [5.41, 5.74) is 0.846. The average Bonchev–Trinajstić information content (AvgIpc) is 3.25. The maximum atomic E-state index is 12.3. The highest BCUT2D eigenvalue weighted by molar-refractivity contribution is 7.15. The van der Waals surface area contributed by atoms with Crippen LogP contribution < -0.4 is 5.32 Å². The lowest BCUT2D eigenvalue weighted by Gasteiger charge is -1.98. The van der Waals surface area contributed by atoms with Crippen LogP contribution in [0.1, 0.15) is 15.2 Å². The number of carbonyl (C=O) groups is 1. The molecular formula is C14H11N7OS. The van der Waals surface area contributed by atoms with Crippen LogP contribution in [0.5, 0.6) is 0 Å². The maximum Gasteiger partial charge on any atom is 0.263 e. The molecule has 9 heteroatoms. The number of hydrogen-bond donors (Lipinski definition) is 2. The summed E-state index contributed by atoms with van der Waals surface area (Å²) < 4.78 is 1.53. The Labute approximate surface area is 134 Å². The molecule has 1 amide bonds. The predicted molar refractivity (Wildman–Crippen MR) is 85.4 cm³/mol. The van der Waals surface area contributed by atoms with Gasteiger partial charge in [0.05, 0.1) is 11.1 Å². The Kier molecular flexibility index (Phi) is 3.12. The summed E-state index contributed by atoms with van der Waals surface area (Å²) in [6.45, 7) is 2.02. The van der Waals surface area contributed by atoms with Crippen molar-refractivity contribution in [1.29, 1.82) is 0 Å². The first-order valence-corrected chi connectivity index (χ1v) is 7.61. The van der Waals surface area contributed by atoms with Crippen LogP contribution in [0.4, 0.5) is 5.95 Å². The Hall–Kier alpha value is -3.07. The van der Waals surface area contributed by atoms with Crippen molar-refractivity contribution in [2.24, 2.45) is 0 Å². The maximum absolute atomic E-state index is 12.3. The Bertz CT molecular complexity index is 999. The van der Waals surface area contributed by atoms with Gasteiger partial charge in [0.25, 0.3) is 5.91 Å². The topological polar surface area (TPSA) is 101 Å². The summed E-state index contributed by atoms with van der Waals surface area (Å²) in [5, 5.41) is 13.6. The summed E-state index contributed by atoms with van der Waals surface area (Å²) in [7, 11) is 0. The van der Waals surface area contributed by atoms with E-state index >= 15 is 0 Å². The summed E-state index contributed by atoms with van der Waals surface area (Å²) >= 11 is 1.60. The number of fused-ring (bicyclic) bond motifs is 1. The number of nitrogens with zero attached hydrogens (tertiary/aromatic N) is 5. The van der Waals surface area contributed by atoms with Gasteiger partial charge in [-0.25, -0.2) is 9.50 Å². The highest BCUT2D eigenvalue weighted by Crippen LogP contribution is 2.25. The minimum atomic E-state index is -0.355. The molecule has 0 aromatic carbocycles. The minimum absolute atomic E-state index is 0.214. The lowest BCUT2D eigenvalue weighted by molar-refractivity contribution is 0.102. The van der Waals surface area contributed by atoms with E-state index in [4.69, 9.17) is 0 Å². The van der Waals surface area contributed by atoms with Crippen LogP contribution in [0.25, 0.3) is 16.3 Å². The molecule has 4 aromatic rings. The molecule has 0 aliphatic carbocycles. The van der Waals surface area contributed by atoms with Gasteiger partial charge in [0.1, 0.15) is 5.56 Å². The molecule has 0 aliphatic heterocycles. The van der Waals surface area contributed by atoms with Crippen LogP contribution in [0.2, 0.25) is 0 Å². The number of amides is 1. The predicted octanol–water partition coefficient (Wildman–Crippen LogP) is 2.14. The van der Waals surface area contributed by atoms with Crippen molar-refractivity contribution in [2.75, 3.05) is 5.32 Å². The monoisotopic (exact) mass is 325 g/mol. The van der Waals surface area contributed by atoms with Gasteiger partial charge in [-0.15, -0.1) is 16.4 Å². The van der Waals surface area contributed by atoms with Gasteiger partial charge in [-0.3, -0.25) is 15.2 Å². The number of rotatable bonds is 3. The third kappa shape index (κ3) is 2.46. The van der Waals surface area contributed by atoms with E-state index in [1.54, 1.807) is 29.8 Å². The zero-order valence-electron chi connectivity index (χ0n) is 12.0. The number of aryl methyl sites for hydroxylation is 1. The van der Waals surface area contributed by atoms with Gasteiger partial charge in [-0.2, -0.15) is 10.1 Å². The van der Waals surface area contributed by atoms with Gasteiger partial charge in [0.2, 0.25) is 5.95 Å². The molecule has 0 saturated heterocycles. The molecule has 114 valence electrons. The van der Waals surface area contributed by atoms with E-state index in [1.807, 2.05) is 19.1 Å². The standard InChI is InChI=1S/C14H11N7OS/c1-8-3-4-10(23-8)11-17-14(20-19-11)18-13(22)9-7-16-21-6-2-5-15-12(9)21/h2-7H,1H3,(H2,17,18,19,20,22). The quantitative estimate of drug-likeness (QED) is 0.601. The molecule has 0 bridgehead atoms. The molecular weight excluding hydrogens is 314 g/mol. The number of thiophene rings is 1. The number of anilines is 1. The summed E-state index contributed by atoms with van der Waals surface area (Å²) in [4.78, 5) is 22.9. The van der Waals surface area contributed by atoms with E-state index in [2.05, 4.69) is 30.6 Å². The van der Waals surface area contributed by atoms with Gasteiger partial charge in [-0.05, 0) is 25.1 Å². The van der Waals surface area contributed by atoms with Gasteiger partial charge < -0.3 is 0 Å². The van der Waals surface area contributed by atoms with E-state index in [0.717, 1.165) is 4.88 Å². The van der Waals surface area contributed by atoms with Crippen LogP contribution in [0.3, 0.4) is 0 Å². The first-order valence-electron chi connectivity index (χ1n) is 6.79. The third-order valence-electron chi connectivity index (χ3n) is 3.21. The van der Waals surface area contributed by atoms with E-state index in [9.17, 15) is 4.79 Å². The second kappa shape index (κ2) is 5.29. The fraction of sp³-hybridized carbons (Fsp3) is 0.0714. The number of aromatic nitrogens is 6. The van der Waals surface area contributed by atoms with Crippen LogP contribution in [0.15, 0.2) is 36.8 Å². The minimum Gasteiger partial charge on any atom is -0.289 e. The van der Waals surface area contributed by atoms with Gasteiger partial charge in [0.15, 0.2) is 11.5 Å². The van der Waals surface area contributed by atoms with Crippen LogP contribution >= 0.6 is 11.3 Å². The number of aromatic amines is 1. The van der Waals surface area contributed by atoms with Crippen molar-refractivity contribution in [3.05, 3.63) is 47.2 Å². The lowest BCUT2D eigenvalue weighted by atomic mass is 10.3. The molecule has 0 aliphatic rings. The Morgan fingerprint density at radius 2 is 2.30 bits per heavy atom. The number of H-pyrrole nitrogens is 1. The fourth-order valence-corrected chi connectivity index (χ4v) is 2.95. The number of carbonyl (C=O) groups excluding carboxylic acids is 1. The molecule has 4 aromatic heterocycles. The molecule has 0 spiro atoms. The summed E-state index contributed by atoms with van der Waals surface area (Å²) in [5.74, 6) is 0.481. The average molecular weight is 325 g/mol. The molecule has 0 fully saturated rings. The van der Waals surface area contributed by atoms with Crippen molar-refractivity contribution in [3.8, 4) is 10.7 Å². The first-order chi connectivity index (χ1) is 11.2. The second-order valence-corrected chi connectivity index (χ2v) is 6.11. The van der Waals surface area contributed by atoms with Crippen LogP contribution in [-0.4, -0.2) is 35.7 Å². The van der Waals surface area contributed by atoms with Crippen molar-refractivity contribution >= 4 is 28.8 Å². The fourth-order valence-electron chi connectivity index (χ4n) is 2.15. The lowest BCUT2D eigenvalue weighted by Crippen LogP contribution is -2.13. The largest absolute Gasteiger partial charge is 0.289 e. The summed E-state index contributed by atoms with van der Waals surface area (Å²) in [6.07, 6.45) is 4.80. The van der Waals surface area contributed by atoms with E-state index in [1.165, 1.54) is 15.6 Å². The van der Waals surface area contributed by atoms with Gasteiger partial charge in [0, 0.05) is 17.3 Å². The van der Waals surface area contributed by atoms with Crippen LogP contribution in [-0.2, 0) is 0 Å². The Balaban J connectivity index is 1.58.